The lowest BCUT2D eigenvalue weighted by atomic mass is 10.1. The van der Waals surface area contributed by atoms with E-state index in [1.807, 2.05) is 20.8 Å². The maximum atomic E-state index is 11.7. The van der Waals surface area contributed by atoms with Crippen LogP contribution in [0.2, 0.25) is 0 Å². The Morgan fingerprint density at radius 1 is 1.29 bits per heavy atom. The molecular weight excluding hydrogens is 218 g/mol. The lowest BCUT2D eigenvalue weighted by Gasteiger charge is -2.23. The minimum Gasteiger partial charge on any atom is -0.444 e. The summed E-state index contributed by atoms with van der Waals surface area (Å²) >= 11 is 0. The Balaban J connectivity index is 1.96. The van der Waals surface area contributed by atoms with Crippen molar-refractivity contribution in [3.63, 3.8) is 0 Å². The van der Waals surface area contributed by atoms with Gasteiger partial charge in [0.15, 0.2) is 5.78 Å². The summed E-state index contributed by atoms with van der Waals surface area (Å²) in [5.41, 5.74) is -1.14. The fourth-order valence-corrected chi connectivity index (χ4v) is 2.48. The van der Waals surface area contributed by atoms with Crippen LogP contribution in [0.3, 0.4) is 0 Å². The van der Waals surface area contributed by atoms with E-state index in [9.17, 15) is 9.59 Å². The van der Waals surface area contributed by atoms with Crippen molar-refractivity contribution in [3.05, 3.63) is 0 Å². The molecule has 2 saturated carbocycles. The Morgan fingerprint density at radius 2 is 1.88 bits per heavy atom. The van der Waals surface area contributed by atoms with E-state index < -0.39 is 17.2 Å². The standard InChI is InChI=1S/C13H21NO3/c1-8(15)13(7-10(13)9-5-6-9)14-11(16)17-12(2,3)4/h9-10H,5-7H2,1-4H3,(H,14,16)/t10-,13-/m0/s1. The molecule has 4 heteroatoms. The first-order valence-corrected chi connectivity index (χ1v) is 6.27. The molecule has 2 rings (SSSR count). The zero-order chi connectivity index (χ0) is 12.8. The number of alkyl carbamates (subject to hydrolysis) is 1. The zero-order valence-corrected chi connectivity index (χ0v) is 11.0. The topological polar surface area (TPSA) is 55.4 Å². The number of rotatable bonds is 3. The zero-order valence-electron chi connectivity index (χ0n) is 11.0. The lowest BCUT2D eigenvalue weighted by molar-refractivity contribution is -0.120. The van der Waals surface area contributed by atoms with E-state index in [0.717, 1.165) is 6.42 Å². The number of amides is 1. The summed E-state index contributed by atoms with van der Waals surface area (Å²) < 4.78 is 5.21. The molecule has 2 aliphatic carbocycles. The molecule has 0 aromatic heterocycles. The van der Waals surface area contributed by atoms with Crippen LogP contribution in [-0.2, 0) is 9.53 Å². The van der Waals surface area contributed by atoms with Crippen LogP contribution in [0.15, 0.2) is 0 Å². The van der Waals surface area contributed by atoms with Gasteiger partial charge in [-0.2, -0.15) is 0 Å². The third-order valence-corrected chi connectivity index (χ3v) is 3.56. The average molecular weight is 239 g/mol. The number of nitrogens with one attached hydrogen (secondary N) is 1. The number of carbonyl (C=O) groups is 2. The van der Waals surface area contributed by atoms with Gasteiger partial charge in [-0.05, 0) is 58.8 Å². The summed E-state index contributed by atoms with van der Waals surface area (Å²) in [6.07, 6.45) is 2.69. The van der Waals surface area contributed by atoms with Crippen molar-refractivity contribution in [2.24, 2.45) is 11.8 Å². The SMILES string of the molecule is CC(=O)[C@@]1(NC(=O)OC(C)(C)C)C[C@H]1C1CC1. The Kier molecular flexibility index (Phi) is 2.71. The van der Waals surface area contributed by atoms with E-state index in [0.29, 0.717) is 11.8 Å². The van der Waals surface area contributed by atoms with Crippen LogP contribution in [-0.4, -0.2) is 23.0 Å². The van der Waals surface area contributed by atoms with Gasteiger partial charge < -0.3 is 10.1 Å². The van der Waals surface area contributed by atoms with Crippen LogP contribution in [0.4, 0.5) is 4.79 Å². The normalized spacial score (nSPS) is 31.9. The summed E-state index contributed by atoms with van der Waals surface area (Å²) in [6, 6.07) is 0. The monoisotopic (exact) mass is 239 g/mol. The second-order valence-electron chi connectivity index (χ2n) is 6.30. The highest BCUT2D eigenvalue weighted by atomic mass is 16.6. The molecule has 96 valence electrons. The molecule has 0 spiro atoms. The molecule has 0 aromatic rings. The van der Waals surface area contributed by atoms with Gasteiger partial charge in [0.25, 0.3) is 0 Å². The predicted octanol–water partition coefficient (Wildman–Crippen LogP) is 2.27. The molecule has 0 unspecified atom stereocenters. The first kappa shape index (κ1) is 12.4. The van der Waals surface area contributed by atoms with Gasteiger partial charge in [-0.25, -0.2) is 4.79 Å². The van der Waals surface area contributed by atoms with E-state index in [2.05, 4.69) is 5.32 Å². The van der Waals surface area contributed by atoms with Crippen molar-refractivity contribution >= 4 is 11.9 Å². The number of hydrogen-bond acceptors (Lipinski definition) is 3. The van der Waals surface area contributed by atoms with Crippen molar-refractivity contribution in [1.82, 2.24) is 5.32 Å². The van der Waals surface area contributed by atoms with Crippen molar-refractivity contribution in [1.29, 1.82) is 0 Å². The molecule has 0 aromatic carbocycles. The van der Waals surface area contributed by atoms with Crippen LogP contribution in [0.25, 0.3) is 0 Å². The van der Waals surface area contributed by atoms with E-state index in [-0.39, 0.29) is 5.78 Å². The quantitative estimate of drug-likeness (QED) is 0.822. The maximum Gasteiger partial charge on any atom is 0.408 e. The van der Waals surface area contributed by atoms with Gasteiger partial charge in [-0.15, -0.1) is 0 Å². The molecule has 2 fully saturated rings. The second-order valence-corrected chi connectivity index (χ2v) is 6.30. The molecule has 0 bridgehead atoms. The van der Waals surface area contributed by atoms with Crippen molar-refractivity contribution in [3.8, 4) is 0 Å². The van der Waals surface area contributed by atoms with E-state index in [1.165, 1.54) is 12.8 Å². The molecule has 0 saturated heterocycles. The Hall–Kier alpha value is -1.06. The number of ketones is 1. The largest absolute Gasteiger partial charge is 0.444 e. The van der Waals surface area contributed by atoms with Crippen LogP contribution in [0.1, 0.15) is 47.0 Å². The lowest BCUT2D eigenvalue weighted by Crippen LogP contribution is -2.46. The van der Waals surface area contributed by atoms with Crippen molar-refractivity contribution in [2.45, 2.75) is 58.1 Å². The highest BCUT2D eigenvalue weighted by molar-refractivity contribution is 5.93. The number of Topliss-reactive ketones (excluding diaryl/α,β-unsaturated/α-hetero) is 1. The van der Waals surface area contributed by atoms with Gasteiger partial charge in [0.2, 0.25) is 0 Å². The molecule has 0 heterocycles. The van der Waals surface area contributed by atoms with Crippen LogP contribution >= 0.6 is 0 Å². The molecule has 1 amide bonds. The predicted molar refractivity (Wildman–Crippen MR) is 63.6 cm³/mol. The van der Waals surface area contributed by atoms with Gasteiger partial charge >= 0.3 is 6.09 Å². The van der Waals surface area contributed by atoms with Gasteiger partial charge in [0.1, 0.15) is 11.1 Å². The molecule has 4 nitrogen and oxygen atoms in total. The van der Waals surface area contributed by atoms with E-state index in [4.69, 9.17) is 4.74 Å². The summed E-state index contributed by atoms with van der Waals surface area (Å²) in [4.78, 5) is 23.4. The highest BCUT2D eigenvalue weighted by Crippen LogP contribution is 2.57. The van der Waals surface area contributed by atoms with Crippen LogP contribution in [0.5, 0.6) is 0 Å². The fourth-order valence-electron chi connectivity index (χ4n) is 2.48. The van der Waals surface area contributed by atoms with E-state index in [1.54, 1.807) is 6.92 Å². The number of carbonyl (C=O) groups excluding carboxylic acids is 2. The summed E-state index contributed by atoms with van der Waals surface area (Å²) in [6.45, 7) is 7.01. The highest BCUT2D eigenvalue weighted by Gasteiger charge is 2.64. The third-order valence-electron chi connectivity index (χ3n) is 3.56. The molecule has 2 aliphatic rings. The number of hydrogen-bond donors (Lipinski definition) is 1. The Morgan fingerprint density at radius 3 is 2.29 bits per heavy atom. The first-order chi connectivity index (χ1) is 7.74. The fraction of sp³-hybridized carbons (Fsp3) is 0.846. The third kappa shape index (κ3) is 2.61. The Labute approximate surface area is 102 Å². The first-order valence-electron chi connectivity index (χ1n) is 6.27. The molecule has 17 heavy (non-hydrogen) atoms. The smallest absolute Gasteiger partial charge is 0.408 e. The van der Waals surface area contributed by atoms with Gasteiger partial charge in [0.05, 0.1) is 0 Å². The molecule has 2 atom stereocenters. The van der Waals surface area contributed by atoms with Crippen LogP contribution < -0.4 is 5.32 Å². The maximum absolute atomic E-state index is 11.7. The summed E-state index contributed by atoms with van der Waals surface area (Å²) in [7, 11) is 0. The van der Waals surface area contributed by atoms with Gasteiger partial charge in [-0.3, -0.25) is 4.79 Å². The molecular formula is C13H21NO3. The summed E-state index contributed by atoms with van der Waals surface area (Å²) in [5.74, 6) is 1.03. The summed E-state index contributed by atoms with van der Waals surface area (Å²) in [5, 5.41) is 2.78. The van der Waals surface area contributed by atoms with Crippen molar-refractivity contribution < 1.29 is 14.3 Å². The Bertz CT molecular complexity index is 354. The molecule has 0 aliphatic heterocycles. The van der Waals surface area contributed by atoms with Crippen molar-refractivity contribution in [2.75, 3.05) is 0 Å². The second kappa shape index (κ2) is 3.72. The number of ether oxygens (including phenoxy) is 1. The van der Waals surface area contributed by atoms with E-state index >= 15 is 0 Å². The van der Waals surface area contributed by atoms with Gasteiger partial charge in [-0.1, -0.05) is 0 Å². The van der Waals surface area contributed by atoms with Crippen LogP contribution in [0, 0.1) is 11.8 Å². The van der Waals surface area contributed by atoms with Gasteiger partial charge in [0, 0.05) is 0 Å². The minimum atomic E-state index is -0.622. The average Bonchev–Trinajstić information content (AvgIpc) is 2.90. The molecule has 1 N–H and O–H groups in total. The molecule has 0 radical (unpaired) electrons. The minimum absolute atomic E-state index is 0.0558.